The van der Waals surface area contributed by atoms with Gasteiger partial charge in [-0.1, -0.05) is 36.4 Å². The number of amides is 1. The summed E-state index contributed by atoms with van der Waals surface area (Å²) in [5.74, 6) is -4.42. The summed E-state index contributed by atoms with van der Waals surface area (Å²) < 4.78 is 172. The molecular weight excluding hydrogens is 739 g/mol. The molecule has 22 heteroatoms. The number of benzene rings is 3. The van der Waals surface area contributed by atoms with Crippen molar-refractivity contribution >= 4 is 43.7 Å². The average molecular weight is 761 g/mol. The van der Waals surface area contributed by atoms with Crippen LogP contribution >= 0.6 is 10.8 Å². The highest BCUT2D eigenvalue weighted by Gasteiger charge is 2.48. The summed E-state index contributed by atoms with van der Waals surface area (Å²) in [7, 11) is -9.68. The number of nitrogens with one attached hydrogen (secondary N) is 2. The van der Waals surface area contributed by atoms with Gasteiger partial charge in [-0.2, -0.15) is 39.5 Å². The highest BCUT2D eigenvalue weighted by molar-refractivity contribution is 8.23. The third-order valence-corrected chi connectivity index (χ3v) is 10.7. The van der Waals surface area contributed by atoms with E-state index < -0.39 is 101 Å². The lowest BCUT2D eigenvalue weighted by Crippen LogP contribution is -2.42. The molecule has 1 aromatic heterocycles. The first kappa shape index (κ1) is 36.9. The van der Waals surface area contributed by atoms with Crippen molar-refractivity contribution in [2.45, 2.75) is 47.6 Å². The van der Waals surface area contributed by atoms with Gasteiger partial charge in [0.2, 0.25) is 5.91 Å². The van der Waals surface area contributed by atoms with Crippen molar-refractivity contribution in [1.29, 1.82) is 0 Å². The van der Waals surface area contributed by atoms with Crippen LogP contribution in [0.25, 0.3) is 11.0 Å². The number of carbonyl (C=O) groups is 2. The minimum atomic E-state index is -6.05. The van der Waals surface area contributed by atoms with Gasteiger partial charge in [-0.15, -0.1) is 10.8 Å². The van der Waals surface area contributed by atoms with E-state index in [1.807, 2.05) is 4.72 Å². The maximum atomic E-state index is 13.9. The number of nitrogens with zero attached hydrogens (tertiary/aromatic N) is 2. The third kappa shape index (κ3) is 7.67. The smallest absolute Gasteiger partial charge is 0.344 e. The second kappa shape index (κ2) is 12.7. The molecule has 2 heterocycles. The van der Waals surface area contributed by atoms with E-state index in [0.29, 0.717) is 0 Å². The van der Waals surface area contributed by atoms with E-state index in [4.69, 9.17) is 0 Å². The number of H-pyrrole nitrogens is 1. The lowest BCUT2D eigenvalue weighted by molar-refractivity contribution is -0.227. The molecule has 0 radical (unpaired) electrons. The largest absolute Gasteiger partial charge is 0.492 e. The van der Waals surface area contributed by atoms with Gasteiger partial charge in [0.05, 0.1) is 33.5 Å². The Labute approximate surface area is 276 Å². The zero-order valence-electron chi connectivity index (χ0n) is 24.5. The first-order chi connectivity index (χ1) is 23.0. The lowest BCUT2D eigenvalue weighted by atomic mass is 10.0. The van der Waals surface area contributed by atoms with E-state index in [0.717, 1.165) is 0 Å². The summed E-state index contributed by atoms with van der Waals surface area (Å²) in [5.41, 5.74) is -3.82. The molecule has 4 aromatic rings. The molecule has 0 aliphatic carbocycles. The predicted octanol–water partition coefficient (Wildman–Crippen LogP) is 6.82. The minimum Gasteiger partial charge on any atom is -0.344 e. The van der Waals surface area contributed by atoms with E-state index in [9.17, 15) is 66.6 Å². The number of fused-ring (bicyclic) bond motifs is 1. The Morgan fingerprint density at radius 3 is 2.02 bits per heavy atom. The van der Waals surface area contributed by atoms with Crippen LogP contribution in [0.3, 0.4) is 0 Å². The highest BCUT2D eigenvalue weighted by Crippen LogP contribution is 2.56. The molecule has 1 aliphatic heterocycles. The first-order valence-corrected chi connectivity index (χ1v) is 16.8. The van der Waals surface area contributed by atoms with E-state index in [1.54, 1.807) is 0 Å². The number of para-hydroxylation sites is 2. The van der Waals surface area contributed by atoms with Gasteiger partial charge in [0.25, 0.3) is 10.0 Å². The van der Waals surface area contributed by atoms with Gasteiger partial charge in [-0.05, 0) is 52.3 Å². The number of halogens is 9. The molecule has 1 fully saturated rings. The van der Waals surface area contributed by atoms with Gasteiger partial charge in [0.1, 0.15) is 17.1 Å². The number of carbonyl (C=O) groups excluding carboxylic acids is 2. The van der Waals surface area contributed by atoms with Crippen LogP contribution in [-0.2, 0) is 43.2 Å². The van der Waals surface area contributed by atoms with Crippen molar-refractivity contribution in [2.75, 3.05) is 0 Å². The van der Waals surface area contributed by atoms with Crippen molar-refractivity contribution in [3.05, 3.63) is 94.8 Å². The number of hydrogen-bond acceptors (Lipinski definition) is 8. The number of hydrogen-bond donors (Lipinski definition) is 4. The van der Waals surface area contributed by atoms with Gasteiger partial charge in [-0.3, -0.25) is 18.6 Å². The van der Waals surface area contributed by atoms with Crippen LogP contribution in [0, 0.1) is 0 Å². The second-order valence-corrected chi connectivity index (χ2v) is 14.5. The number of imidazole rings is 1. The number of hydroxylamine groups is 1. The molecule has 1 unspecified atom stereocenters. The van der Waals surface area contributed by atoms with Crippen LogP contribution in [0.15, 0.2) is 71.6 Å². The second-order valence-electron chi connectivity index (χ2n) is 10.8. The fourth-order valence-electron chi connectivity index (χ4n) is 4.96. The van der Waals surface area contributed by atoms with Crippen molar-refractivity contribution in [2.24, 2.45) is 0 Å². The van der Waals surface area contributed by atoms with Gasteiger partial charge >= 0.3 is 24.5 Å². The molecule has 270 valence electrons. The molecule has 2 atom stereocenters. The third-order valence-electron chi connectivity index (χ3n) is 7.29. The number of aromatic amines is 1. The van der Waals surface area contributed by atoms with Crippen LogP contribution < -0.4 is 4.72 Å². The average Bonchev–Trinajstić information content (AvgIpc) is 3.56. The molecule has 5 rings (SSSR count). The molecule has 1 saturated heterocycles. The Kier molecular flexibility index (Phi) is 9.40. The van der Waals surface area contributed by atoms with Crippen molar-refractivity contribution in [1.82, 2.24) is 19.2 Å². The van der Waals surface area contributed by atoms with E-state index in [-0.39, 0.29) is 40.7 Å². The monoisotopic (exact) mass is 760 g/mol. The predicted molar refractivity (Wildman–Crippen MR) is 155 cm³/mol. The molecule has 4 N–H and O–H groups in total. The Morgan fingerprint density at radius 1 is 0.940 bits per heavy atom. The Morgan fingerprint density at radius 2 is 1.52 bits per heavy atom. The Hall–Kier alpha value is -4.38. The van der Waals surface area contributed by atoms with Crippen molar-refractivity contribution in [3.8, 4) is 0 Å². The van der Waals surface area contributed by atoms with Crippen LogP contribution in [0.2, 0.25) is 0 Å². The zero-order valence-corrected chi connectivity index (χ0v) is 26.1. The SMILES string of the molecule is O=C1CC(c2ccc(C[C@@H](c3nc4ccccc4[nH]3)N(OC(=O)C(F)(F)F)S(=O)(=O)c3cc(C(F)(F)F)cc(C(F)(F)F)c3)cc2)S(O)(O)N1. The molecular formula is C28H21F9N4O7S2. The highest BCUT2D eigenvalue weighted by atomic mass is 32.3. The first-order valence-electron chi connectivity index (χ1n) is 13.7. The molecule has 0 spiro atoms. The summed E-state index contributed by atoms with van der Waals surface area (Å²) >= 11 is 0. The molecule has 1 aliphatic rings. The topological polar surface area (TPSA) is 162 Å². The molecule has 1 amide bonds. The van der Waals surface area contributed by atoms with Crippen LogP contribution in [0.5, 0.6) is 0 Å². The summed E-state index contributed by atoms with van der Waals surface area (Å²) in [5, 5.41) is -1.12. The van der Waals surface area contributed by atoms with Crippen molar-refractivity contribution < 1.29 is 71.5 Å². The summed E-state index contributed by atoms with van der Waals surface area (Å²) in [6.07, 6.45) is -18.2. The van der Waals surface area contributed by atoms with Gasteiger partial charge in [0, 0.05) is 0 Å². The minimum absolute atomic E-state index is 0.0104. The van der Waals surface area contributed by atoms with Gasteiger partial charge in [0.15, 0.2) is 0 Å². The molecule has 0 saturated carbocycles. The van der Waals surface area contributed by atoms with Crippen LogP contribution in [-0.4, -0.2) is 50.0 Å². The normalized spacial score (nSPS) is 18.2. The quantitative estimate of drug-likeness (QED) is 0.112. The number of alkyl halides is 9. The standard InChI is InChI=1S/C28H21F9N4O7S2/c29-26(30,31)16-10-17(27(32,33)34)12-18(11-16)50(46,47)41(48-25(43)28(35,36)37)21(24-38-19-3-1-2-4-20(19)39-24)9-14-5-7-15(8-6-14)22-13-23(42)40-49(22,44)45/h1-8,10-12,21-22,44-45H,9,13H2,(H,38,39)(H,40,42)/t21-,22?/m0/s1. The Bertz CT molecular complexity index is 1980. The van der Waals surface area contributed by atoms with E-state index >= 15 is 0 Å². The van der Waals surface area contributed by atoms with Crippen LogP contribution in [0.4, 0.5) is 39.5 Å². The van der Waals surface area contributed by atoms with Gasteiger partial charge < -0.3 is 9.82 Å². The maximum Gasteiger partial charge on any atom is 0.492 e. The van der Waals surface area contributed by atoms with Crippen LogP contribution in [0.1, 0.15) is 45.8 Å². The lowest BCUT2D eigenvalue weighted by Gasteiger charge is -2.33. The summed E-state index contributed by atoms with van der Waals surface area (Å²) in [6, 6.07) is 7.51. The summed E-state index contributed by atoms with van der Waals surface area (Å²) in [4.78, 5) is 33.1. The Balaban J connectivity index is 1.68. The molecule has 11 nitrogen and oxygen atoms in total. The number of rotatable bonds is 8. The molecule has 3 aromatic carbocycles. The number of sulfonamides is 1. The van der Waals surface area contributed by atoms with Crippen molar-refractivity contribution in [3.63, 3.8) is 0 Å². The maximum absolute atomic E-state index is 13.9. The summed E-state index contributed by atoms with van der Waals surface area (Å²) in [6.45, 7) is 0. The zero-order chi connectivity index (χ0) is 37.0. The molecule has 50 heavy (non-hydrogen) atoms. The van der Waals surface area contributed by atoms with E-state index in [2.05, 4.69) is 14.8 Å². The van der Waals surface area contributed by atoms with Gasteiger partial charge in [-0.25, -0.2) is 18.2 Å². The fraction of sp³-hybridized carbons (Fsp3) is 0.250. The molecule has 0 bridgehead atoms. The van der Waals surface area contributed by atoms with E-state index in [1.165, 1.54) is 48.5 Å². The fourth-order valence-corrected chi connectivity index (χ4v) is 7.87. The number of aromatic nitrogens is 2.